The fourth-order valence-electron chi connectivity index (χ4n) is 2.06. The second kappa shape index (κ2) is 4.99. The lowest BCUT2D eigenvalue weighted by atomic mass is 10.1. The van der Waals surface area contributed by atoms with Crippen LogP contribution in [0, 0.1) is 5.92 Å². The van der Waals surface area contributed by atoms with Gasteiger partial charge < -0.3 is 10.5 Å². The van der Waals surface area contributed by atoms with Gasteiger partial charge in [0.25, 0.3) is 0 Å². The number of ether oxygens (including phenoxy) is 1. The van der Waals surface area contributed by atoms with E-state index in [2.05, 4.69) is 15.9 Å². The van der Waals surface area contributed by atoms with Crippen LogP contribution in [-0.2, 0) is 0 Å². The molecule has 0 aliphatic heterocycles. The normalized spacial score (nSPS) is 25.5. The molecule has 2 atom stereocenters. The summed E-state index contributed by atoms with van der Waals surface area (Å²) in [6.07, 6.45) is 3.81. The van der Waals surface area contributed by atoms with Gasteiger partial charge in [0, 0.05) is 4.47 Å². The van der Waals surface area contributed by atoms with Crippen LogP contribution in [0.15, 0.2) is 28.7 Å². The van der Waals surface area contributed by atoms with Gasteiger partial charge in [-0.3, -0.25) is 0 Å². The average Bonchev–Trinajstić information content (AvgIpc) is 2.69. The number of hydrogen-bond acceptors (Lipinski definition) is 2. The molecular formula is C12H16BrNO. The molecule has 1 fully saturated rings. The Hall–Kier alpha value is -0.540. The van der Waals surface area contributed by atoms with E-state index in [1.807, 2.05) is 24.3 Å². The van der Waals surface area contributed by atoms with Gasteiger partial charge in [0.1, 0.15) is 5.75 Å². The molecule has 2 unspecified atom stereocenters. The van der Waals surface area contributed by atoms with Crippen LogP contribution >= 0.6 is 15.9 Å². The summed E-state index contributed by atoms with van der Waals surface area (Å²) < 4.78 is 6.97. The molecule has 0 amide bonds. The Morgan fingerprint density at radius 1 is 1.27 bits per heavy atom. The summed E-state index contributed by atoms with van der Waals surface area (Å²) in [6, 6.07) is 8.01. The van der Waals surface area contributed by atoms with Gasteiger partial charge in [-0.1, -0.05) is 15.9 Å². The van der Waals surface area contributed by atoms with E-state index in [4.69, 9.17) is 10.5 Å². The molecule has 0 radical (unpaired) electrons. The average molecular weight is 270 g/mol. The number of nitrogens with two attached hydrogens (primary N) is 1. The van der Waals surface area contributed by atoms with Crippen molar-refractivity contribution in [2.75, 3.05) is 6.54 Å². The monoisotopic (exact) mass is 269 g/mol. The second-order valence-corrected chi connectivity index (χ2v) is 5.02. The van der Waals surface area contributed by atoms with E-state index in [1.165, 1.54) is 6.42 Å². The topological polar surface area (TPSA) is 35.2 Å². The molecule has 1 aliphatic rings. The molecule has 0 saturated heterocycles. The van der Waals surface area contributed by atoms with E-state index in [1.54, 1.807) is 0 Å². The third-order valence-electron chi connectivity index (χ3n) is 2.94. The highest BCUT2D eigenvalue weighted by molar-refractivity contribution is 9.10. The first kappa shape index (κ1) is 11.0. The summed E-state index contributed by atoms with van der Waals surface area (Å²) in [4.78, 5) is 0. The molecule has 1 aromatic carbocycles. The van der Waals surface area contributed by atoms with E-state index in [0.29, 0.717) is 12.0 Å². The van der Waals surface area contributed by atoms with Crippen molar-refractivity contribution in [3.8, 4) is 5.75 Å². The van der Waals surface area contributed by atoms with Crippen molar-refractivity contribution in [2.24, 2.45) is 11.7 Å². The molecule has 15 heavy (non-hydrogen) atoms. The first-order valence-corrected chi connectivity index (χ1v) is 6.19. The molecule has 1 aliphatic carbocycles. The molecule has 2 nitrogen and oxygen atoms in total. The van der Waals surface area contributed by atoms with Gasteiger partial charge in [-0.15, -0.1) is 0 Å². The molecule has 2 N–H and O–H groups in total. The fourth-order valence-corrected chi connectivity index (χ4v) is 2.32. The minimum absolute atomic E-state index is 0.361. The lowest BCUT2D eigenvalue weighted by Crippen LogP contribution is -2.15. The van der Waals surface area contributed by atoms with Crippen molar-refractivity contribution in [3.05, 3.63) is 28.7 Å². The second-order valence-electron chi connectivity index (χ2n) is 4.11. The number of benzene rings is 1. The molecule has 3 heteroatoms. The summed E-state index contributed by atoms with van der Waals surface area (Å²) in [5, 5.41) is 0. The predicted octanol–water partition coefficient (Wildman–Crippen LogP) is 2.96. The van der Waals surface area contributed by atoms with Crippen LogP contribution in [0.3, 0.4) is 0 Å². The van der Waals surface area contributed by atoms with Crippen LogP contribution in [0.25, 0.3) is 0 Å². The quantitative estimate of drug-likeness (QED) is 0.916. The SMILES string of the molecule is NCC1CCC(Oc2ccc(Br)cc2)C1. The van der Waals surface area contributed by atoms with Crippen LogP contribution in [0.5, 0.6) is 5.75 Å². The van der Waals surface area contributed by atoms with Crippen LogP contribution in [0.1, 0.15) is 19.3 Å². The van der Waals surface area contributed by atoms with Crippen LogP contribution in [0.4, 0.5) is 0 Å². The summed E-state index contributed by atoms with van der Waals surface area (Å²) in [5.41, 5.74) is 5.65. The molecule has 1 aromatic rings. The minimum atomic E-state index is 0.361. The zero-order chi connectivity index (χ0) is 10.7. The van der Waals surface area contributed by atoms with Gasteiger partial charge in [0.15, 0.2) is 0 Å². The van der Waals surface area contributed by atoms with Crippen LogP contribution in [-0.4, -0.2) is 12.6 Å². The molecule has 1 saturated carbocycles. The Balaban J connectivity index is 1.90. The van der Waals surface area contributed by atoms with Crippen LogP contribution in [0.2, 0.25) is 0 Å². The van der Waals surface area contributed by atoms with Crippen molar-refractivity contribution in [1.29, 1.82) is 0 Å². The molecular weight excluding hydrogens is 254 g/mol. The van der Waals surface area contributed by atoms with Gasteiger partial charge in [-0.05, 0) is 56.0 Å². The zero-order valence-corrected chi connectivity index (χ0v) is 10.2. The van der Waals surface area contributed by atoms with Crippen molar-refractivity contribution in [1.82, 2.24) is 0 Å². The smallest absolute Gasteiger partial charge is 0.119 e. The maximum atomic E-state index is 5.89. The fraction of sp³-hybridized carbons (Fsp3) is 0.500. The Labute approximate surface area is 98.9 Å². The number of hydrogen-bond donors (Lipinski definition) is 1. The van der Waals surface area contributed by atoms with E-state index < -0.39 is 0 Å². The van der Waals surface area contributed by atoms with Crippen molar-refractivity contribution in [2.45, 2.75) is 25.4 Å². The Morgan fingerprint density at radius 2 is 2.00 bits per heavy atom. The molecule has 0 aromatic heterocycles. The first-order chi connectivity index (χ1) is 7.28. The molecule has 0 spiro atoms. The van der Waals surface area contributed by atoms with Gasteiger partial charge in [-0.2, -0.15) is 0 Å². The molecule has 0 heterocycles. The summed E-state index contributed by atoms with van der Waals surface area (Å²) in [5.74, 6) is 1.62. The Morgan fingerprint density at radius 3 is 2.60 bits per heavy atom. The number of rotatable bonds is 3. The van der Waals surface area contributed by atoms with Gasteiger partial charge in [0.2, 0.25) is 0 Å². The van der Waals surface area contributed by atoms with Gasteiger partial charge >= 0.3 is 0 Å². The minimum Gasteiger partial charge on any atom is -0.490 e. The van der Waals surface area contributed by atoms with E-state index in [-0.39, 0.29) is 0 Å². The predicted molar refractivity (Wildman–Crippen MR) is 65.0 cm³/mol. The highest BCUT2D eigenvalue weighted by Crippen LogP contribution is 2.28. The van der Waals surface area contributed by atoms with E-state index in [9.17, 15) is 0 Å². The van der Waals surface area contributed by atoms with Crippen molar-refractivity contribution < 1.29 is 4.74 Å². The standard InChI is InChI=1S/C12H16BrNO/c13-10-2-5-11(6-3-10)15-12-4-1-9(7-12)8-14/h2-3,5-6,9,12H,1,4,7-8,14H2. The maximum Gasteiger partial charge on any atom is 0.119 e. The van der Waals surface area contributed by atoms with Crippen LogP contribution < -0.4 is 10.5 Å². The van der Waals surface area contributed by atoms with E-state index in [0.717, 1.165) is 29.6 Å². The van der Waals surface area contributed by atoms with Crippen molar-refractivity contribution in [3.63, 3.8) is 0 Å². The highest BCUT2D eigenvalue weighted by atomic mass is 79.9. The third kappa shape index (κ3) is 2.95. The van der Waals surface area contributed by atoms with Gasteiger partial charge in [-0.25, -0.2) is 0 Å². The maximum absolute atomic E-state index is 5.89. The summed E-state index contributed by atoms with van der Waals surface area (Å²) in [7, 11) is 0. The Kier molecular flexibility index (Phi) is 3.65. The lowest BCUT2D eigenvalue weighted by Gasteiger charge is -2.13. The summed E-state index contributed by atoms with van der Waals surface area (Å²) >= 11 is 3.41. The van der Waals surface area contributed by atoms with Crippen molar-refractivity contribution >= 4 is 15.9 Å². The first-order valence-electron chi connectivity index (χ1n) is 5.40. The van der Waals surface area contributed by atoms with Gasteiger partial charge in [0.05, 0.1) is 6.10 Å². The highest BCUT2D eigenvalue weighted by Gasteiger charge is 2.24. The largest absolute Gasteiger partial charge is 0.490 e. The molecule has 82 valence electrons. The molecule has 2 rings (SSSR count). The lowest BCUT2D eigenvalue weighted by molar-refractivity contribution is 0.204. The number of halogens is 1. The molecule has 0 bridgehead atoms. The Bertz CT molecular complexity index is 312. The summed E-state index contributed by atoms with van der Waals surface area (Å²) in [6.45, 7) is 0.792. The third-order valence-corrected chi connectivity index (χ3v) is 3.47. The zero-order valence-electron chi connectivity index (χ0n) is 8.66. The van der Waals surface area contributed by atoms with E-state index >= 15 is 0 Å².